The van der Waals surface area contributed by atoms with E-state index in [0.29, 0.717) is 13.0 Å². The summed E-state index contributed by atoms with van der Waals surface area (Å²) in [5, 5.41) is 2.89. The standard InChI is InChI=1S/C12H18N2O/c1-3-4-12(15)14-11-7-10(8-13)6-5-9(11)2/h5-7H,3-4,8,13H2,1-2H3,(H,14,15). The molecule has 0 unspecified atom stereocenters. The molecule has 0 saturated heterocycles. The summed E-state index contributed by atoms with van der Waals surface area (Å²) in [6.07, 6.45) is 1.42. The van der Waals surface area contributed by atoms with Gasteiger partial charge in [-0.3, -0.25) is 4.79 Å². The third-order valence-corrected chi connectivity index (χ3v) is 2.29. The average molecular weight is 206 g/mol. The Kier molecular flexibility index (Phi) is 4.31. The van der Waals surface area contributed by atoms with E-state index in [1.807, 2.05) is 32.0 Å². The largest absolute Gasteiger partial charge is 0.326 e. The van der Waals surface area contributed by atoms with Crippen LogP contribution in [0.15, 0.2) is 18.2 Å². The minimum atomic E-state index is 0.0646. The molecule has 0 atom stereocenters. The number of nitrogens with one attached hydrogen (secondary N) is 1. The van der Waals surface area contributed by atoms with Crippen LogP contribution >= 0.6 is 0 Å². The quantitative estimate of drug-likeness (QED) is 0.793. The summed E-state index contributed by atoms with van der Waals surface area (Å²) in [6, 6.07) is 5.89. The molecule has 0 saturated carbocycles. The molecule has 0 aromatic heterocycles. The average Bonchev–Trinajstić information content (AvgIpc) is 2.21. The van der Waals surface area contributed by atoms with Gasteiger partial charge in [-0.05, 0) is 30.5 Å². The van der Waals surface area contributed by atoms with E-state index in [4.69, 9.17) is 5.73 Å². The molecule has 3 nitrogen and oxygen atoms in total. The van der Waals surface area contributed by atoms with Crippen molar-refractivity contribution in [2.75, 3.05) is 5.32 Å². The van der Waals surface area contributed by atoms with E-state index in [1.54, 1.807) is 0 Å². The van der Waals surface area contributed by atoms with Crippen LogP contribution in [-0.2, 0) is 11.3 Å². The van der Waals surface area contributed by atoms with Crippen molar-refractivity contribution < 1.29 is 4.79 Å². The SMILES string of the molecule is CCCC(=O)Nc1cc(CN)ccc1C. The van der Waals surface area contributed by atoms with Gasteiger partial charge in [-0.1, -0.05) is 19.1 Å². The van der Waals surface area contributed by atoms with E-state index >= 15 is 0 Å². The maximum Gasteiger partial charge on any atom is 0.224 e. The molecular weight excluding hydrogens is 188 g/mol. The van der Waals surface area contributed by atoms with Crippen molar-refractivity contribution >= 4 is 11.6 Å². The summed E-state index contributed by atoms with van der Waals surface area (Å²) in [5.41, 5.74) is 8.52. The van der Waals surface area contributed by atoms with Gasteiger partial charge >= 0.3 is 0 Å². The first-order valence-electron chi connectivity index (χ1n) is 5.26. The molecule has 0 bridgehead atoms. The summed E-state index contributed by atoms with van der Waals surface area (Å²) in [6.45, 7) is 4.46. The first kappa shape index (κ1) is 11.7. The lowest BCUT2D eigenvalue weighted by Gasteiger charge is -2.09. The molecule has 15 heavy (non-hydrogen) atoms. The number of aryl methyl sites for hydroxylation is 1. The van der Waals surface area contributed by atoms with Gasteiger partial charge in [0.05, 0.1) is 0 Å². The van der Waals surface area contributed by atoms with Gasteiger partial charge in [0.2, 0.25) is 5.91 Å². The molecule has 82 valence electrons. The van der Waals surface area contributed by atoms with E-state index in [2.05, 4.69) is 5.32 Å². The van der Waals surface area contributed by atoms with E-state index in [9.17, 15) is 4.79 Å². The van der Waals surface area contributed by atoms with Gasteiger partial charge in [0.25, 0.3) is 0 Å². The first-order chi connectivity index (χ1) is 7.17. The van der Waals surface area contributed by atoms with Gasteiger partial charge in [0, 0.05) is 18.7 Å². The van der Waals surface area contributed by atoms with Crippen LogP contribution in [-0.4, -0.2) is 5.91 Å². The van der Waals surface area contributed by atoms with Crippen LogP contribution in [0.1, 0.15) is 30.9 Å². The predicted molar refractivity (Wildman–Crippen MR) is 62.6 cm³/mol. The van der Waals surface area contributed by atoms with Crippen LogP contribution in [0.25, 0.3) is 0 Å². The fraction of sp³-hybridized carbons (Fsp3) is 0.417. The number of amides is 1. The second-order valence-electron chi connectivity index (χ2n) is 3.65. The van der Waals surface area contributed by atoms with Crippen molar-refractivity contribution in [3.05, 3.63) is 29.3 Å². The van der Waals surface area contributed by atoms with Crippen molar-refractivity contribution in [3.63, 3.8) is 0 Å². The summed E-state index contributed by atoms with van der Waals surface area (Å²) < 4.78 is 0. The predicted octanol–water partition coefficient (Wildman–Crippen LogP) is 2.19. The fourth-order valence-electron chi connectivity index (χ4n) is 1.37. The number of carbonyl (C=O) groups is 1. The number of hydrogen-bond acceptors (Lipinski definition) is 2. The maximum absolute atomic E-state index is 11.4. The Morgan fingerprint density at radius 3 is 2.80 bits per heavy atom. The lowest BCUT2D eigenvalue weighted by Crippen LogP contribution is -2.12. The van der Waals surface area contributed by atoms with Crippen molar-refractivity contribution in [1.29, 1.82) is 0 Å². The summed E-state index contributed by atoms with van der Waals surface area (Å²) in [7, 11) is 0. The third-order valence-electron chi connectivity index (χ3n) is 2.29. The Bertz CT molecular complexity index is 347. The van der Waals surface area contributed by atoms with Crippen LogP contribution in [0.5, 0.6) is 0 Å². The summed E-state index contributed by atoms with van der Waals surface area (Å²) in [4.78, 5) is 11.4. The monoisotopic (exact) mass is 206 g/mol. The molecule has 0 heterocycles. The Hall–Kier alpha value is -1.35. The van der Waals surface area contributed by atoms with Gasteiger partial charge in [-0.2, -0.15) is 0 Å². The molecule has 0 aliphatic heterocycles. The van der Waals surface area contributed by atoms with Gasteiger partial charge in [0.1, 0.15) is 0 Å². The number of carbonyl (C=O) groups excluding carboxylic acids is 1. The molecule has 0 radical (unpaired) electrons. The van der Waals surface area contributed by atoms with Crippen LogP contribution < -0.4 is 11.1 Å². The molecule has 1 amide bonds. The fourth-order valence-corrected chi connectivity index (χ4v) is 1.37. The highest BCUT2D eigenvalue weighted by atomic mass is 16.1. The number of nitrogens with two attached hydrogens (primary N) is 1. The highest BCUT2D eigenvalue weighted by Gasteiger charge is 2.04. The molecular formula is C12H18N2O. The maximum atomic E-state index is 11.4. The van der Waals surface area contributed by atoms with Gasteiger partial charge in [0.15, 0.2) is 0 Å². The normalized spacial score (nSPS) is 10.1. The van der Waals surface area contributed by atoms with Crippen LogP contribution in [0.2, 0.25) is 0 Å². The summed E-state index contributed by atoms with van der Waals surface area (Å²) >= 11 is 0. The van der Waals surface area contributed by atoms with Gasteiger partial charge in [-0.25, -0.2) is 0 Å². The molecule has 3 heteroatoms. The summed E-state index contributed by atoms with van der Waals surface area (Å²) in [5.74, 6) is 0.0646. The second-order valence-corrected chi connectivity index (χ2v) is 3.65. The molecule has 1 rings (SSSR count). The van der Waals surface area contributed by atoms with Crippen molar-refractivity contribution in [2.45, 2.75) is 33.2 Å². The lowest BCUT2D eigenvalue weighted by molar-refractivity contribution is -0.116. The van der Waals surface area contributed by atoms with E-state index in [1.165, 1.54) is 0 Å². The second kappa shape index (κ2) is 5.51. The Morgan fingerprint density at radius 1 is 1.47 bits per heavy atom. The Morgan fingerprint density at radius 2 is 2.20 bits per heavy atom. The zero-order valence-electron chi connectivity index (χ0n) is 9.34. The smallest absolute Gasteiger partial charge is 0.224 e. The van der Waals surface area contributed by atoms with E-state index in [-0.39, 0.29) is 5.91 Å². The number of anilines is 1. The first-order valence-corrected chi connectivity index (χ1v) is 5.26. The topological polar surface area (TPSA) is 55.1 Å². The van der Waals surface area contributed by atoms with Crippen molar-refractivity contribution in [3.8, 4) is 0 Å². The molecule has 0 aliphatic carbocycles. The number of rotatable bonds is 4. The van der Waals surface area contributed by atoms with E-state index < -0.39 is 0 Å². The molecule has 0 spiro atoms. The molecule has 1 aromatic carbocycles. The zero-order valence-corrected chi connectivity index (χ0v) is 9.34. The molecule has 0 aliphatic rings. The molecule has 0 fully saturated rings. The minimum absolute atomic E-state index is 0.0646. The highest BCUT2D eigenvalue weighted by molar-refractivity contribution is 5.91. The van der Waals surface area contributed by atoms with Crippen molar-refractivity contribution in [1.82, 2.24) is 0 Å². The van der Waals surface area contributed by atoms with E-state index in [0.717, 1.165) is 23.2 Å². The van der Waals surface area contributed by atoms with Crippen LogP contribution in [0, 0.1) is 6.92 Å². The molecule has 3 N–H and O–H groups in total. The number of benzene rings is 1. The highest BCUT2D eigenvalue weighted by Crippen LogP contribution is 2.16. The lowest BCUT2D eigenvalue weighted by atomic mass is 10.1. The van der Waals surface area contributed by atoms with Crippen LogP contribution in [0.4, 0.5) is 5.69 Å². The third kappa shape index (κ3) is 3.36. The van der Waals surface area contributed by atoms with Gasteiger partial charge < -0.3 is 11.1 Å². The number of hydrogen-bond donors (Lipinski definition) is 2. The Balaban J connectivity index is 2.79. The van der Waals surface area contributed by atoms with Crippen LogP contribution in [0.3, 0.4) is 0 Å². The zero-order chi connectivity index (χ0) is 11.3. The minimum Gasteiger partial charge on any atom is -0.326 e. The Labute approximate surface area is 90.7 Å². The van der Waals surface area contributed by atoms with Crippen molar-refractivity contribution in [2.24, 2.45) is 5.73 Å². The molecule has 1 aromatic rings. The van der Waals surface area contributed by atoms with Gasteiger partial charge in [-0.15, -0.1) is 0 Å².